The van der Waals surface area contributed by atoms with Gasteiger partial charge in [0.15, 0.2) is 0 Å². The zero-order valence-corrected chi connectivity index (χ0v) is 14.2. The maximum atomic E-state index is 12.7. The van der Waals surface area contributed by atoms with Crippen molar-refractivity contribution in [2.75, 3.05) is 0 Å². The van der Waals surface area contributed by atoms with E-state index in [9.17, 15) is 4.79 Å². The van der Waals surface area contributed by atoms with Gasteiger partial charge in [-0.25, -0.2) is 0 Å². The Hall–Kier alpha value is -3.14. The van der Waals surface area contributed by atoms with Crippen LogP contribution >= 0.6 is 0 Å². The second-order valence-corrected chi connectivity index (χ2v) is 6.08. The molecule has 3 aromatic rings. The van der Waals surface area contributed by atoms with Crippen LogP contribution in [0.3, 0.4) is 0 Å². The Bertz CT molecular complexity index is 942. The van der Waals surface area contributed by atoms with E-state index in [0.717, 1.165) is 21.9 Å². The molecule has 2 N–H and O–H groups in total. The number of aryl methyl sites for hydroxylation is 1. The van der Waals surface area contributed by atoms with Gasteiger partial charge in [0.1, 0.15) is 0 Å². The van der Waals surface area contributed by atoms with E-state index in [1.807, 2.05) is 44.2 Å². The molecular formula is C21H20N2O2. The first-order valence-corrected chi connectivity index (χ1v) is 8.17. The Morgan fingerprint density at radius 3 is 2.68 bits per heavy atom. The minimum absolute atomic E-state index is 0.131. The molecule has 3 aromatic carbocycles. The molecule has 0 unspecified atom stereocenters. The topological polar surface area (TPSA) is 61.7 Å². The number of carbonyl (C=O) groups is 1. The molecule has 1 atom stereocenters. The third kappa shape index (κ3) is 3.53. The highest BCUT2D eigenvalue weighted by atomic mass is 16.4. The molecule has 126 valence electrons. The summed E-state index contributed by atoms with van der Waals surface area (Å²) in [6.07, 6.45) is 1.31. The molecule has 0 aliphatic heterocycles. The molecule has 0 aliphatic carbocycles. The third-order valence-electron chi connectivity index (χ3n) is 4.35. The van der Waals surface area contributed by atoms with E-state index in [1.54, 1.807) is 12.1 Å². The van der Waals surface area contributed by atoms with Gasteiger partial charge in [-0.2, -0.15) is 0 Å². The van der Waals surface area contributed by atoms with E-state index in [2.05, 4.69) is 28.7 Å². The van der Waals surface area contributed by atoms with Gasteiger partial charge >= 0.3 is 0 Å². The average molecular weight is 332 g/mol. The van der Waals surface area contributed by atoms with Crippen molar-refractivity contribution >= 4 is 22.9 Å². The third-order valence-corrected chi connectivity index (χ3v) is 4.35. The minimum atomic E-state index is -0.147. The van der Waals surface area contributed by atoms with E-state index in [0.29, 0.717) is 11.1 Å². The van der Waals surface area contributed by atoms with Crippen molar-refractivity contribution < 1.29 is 10.0 Å². The second-order valence-electron chi connectivity index (χ2n) is 6.08. The number of fused-ring (bicyclic) bond motifs is 1. The Kier molecular flexibility index (Phi) is 4.80. The predicted octanol–water partition coefficient (Wildman–Crippen LogP) is 4.45. The minimum Gasteiger partial charge on any atom is -0.411 e. The molecule has 0 saturated carbocycles. The van der Waals surface area contributed by atoms with Crippen LogP contribution in [0.1, 0.15) is 40.0 Å². The average Bonchev–Trinajstić information content (AvgIpc) is 2.63. The number of benzene rings is 3. The number of hydrogen-bond acceptors (Lipinski definition) is 3. The van der Waals surface area contributed by atoms with Gasteiger partial charge in [-0.3, -0.25) is 4.79 Å². The molecule has 0 aromatic heterocycles. The second kappa shape index (κ2) is 7.18. The van der Waals surface area contributed by atoms with Gasteiger partial charge in [-0.05, 0) is 47.4 Å². The lowest BCUT2D eigenvalue weighted by Crippen LogP contribution is -2.27. The number of rotatable bonds is 4. The molecule has 4 heteroatoms. The predicted molar refractivity (Wildman–Crippen MR) is 100 cm³/mol. The maximum Gasteiger partial charge on any atom is 0.252 e. The SMILES string of the molecule is Cc1ccc(/C=N/O)cc1C(=O)N[C@H](C)c1cccc2ccccc12. The summed E-state index contributed by atoms with van der Waals surface area (Å²) < 4.78 is 0. The normalized spacial score (nSPS) is 12.4. The largest absolute Gasteiger partial charge is 0.411 e. The quantitative estimate of drug-likeness (QED) is 0.421. The molecule has 4 nitrogen and oxygen atoms in total. The first-order chi connectivity index (χ1) is 12.1. The van der Waals surface area contributed by atoms with Crippen molar-refractivity contribution in [1.29, 1.82) is 0 Å². The molecular weight excluding hydrogens is 312 g/mol. The van der Waals surface area contributed by atoms with Crippen molar-refractivity contribution in [2.45, 2.75) is 19.9 Å². The number of nitrogens with zero attached hydrogens (tertiary/aromatic N) is 1. The Labute approximate surface area is 146 Å². The van der Waals surface area contributed by atoms with Gasteiger partial charge in [0.25, 0.3) is 5.91 Å². The fourth-order valence-electron chi connectivity index (χ4n) is 3.01. The number of oxime groups is 1. The Morgan fingerprint density at radius 2 is 1.88 bits per heavy atom. The van der Waals surface area contributed by atoms with Gasteiger partial charge in [0, 0.05) is 5.56 Å². The lowest BCUT2D eigenvalue weighted by molar-refractivity contribution is 0.0939. The molecule has 1 amide bonds. The van der Waals surface area contributed by atoms with Crippen molar-refractivity contribution in [3.8, 4) is 0 Å². The summed E-state index contributed by atoms with van der Waals surface area (Å²) in [4.78, 5) is 12.7. The van der Waals surface area contributed by atoms with Gasteiger partial charge in [0.2, 0.25) is 0 Å². The van der Waals surface area contributed by atoms with Gasteiger partial charge < -0.3 is 10.5 Å². The van der Waals surface area contributed by atoms with Gasteiger partial charge in [0.05, 0.1) is 12.3 Å². The van der Waals surface area contributed by atoms with E-state index >= 15 is 0 Å². The number of carbonyl (C=O) groups excluding carboxylic acids is 1. The standard InChI is InChI=1S/C21H20N2O2/c1-14-10-11-16(13-22-25)12-20(14)21(24)23-15(2)18-9-5-7-17-6-3-4-8-19(17)18/h3-13,15,25H,1-2H3,(H,23,24)/b22-13+/t15-/m1/s1. The summed E-state index contributed by atoms with van der Waals surface area (Å²) in [6, 6.07) is 19.5. The fourth-order valence-corrected chi connectivity index (χ4v) is 3.01. The Morgan fingerprint density at radius 1 is 1.12 bits per heavy atom. The lowest BCUT2D eigenvalue weighted by atomic mass is 9.99. The summed E-state index contributed by atoms with van der Waals surface area (Å²) >= 11 is 0. The molecule has 0 radical (unpaired) electrons. The van der Waals surface area contributed by atoms with Crippen LogP contribution in [0, 0.1) is 6.92 Å². The molecule has 0 fully saturated rings. The van der Waals surface area contributed by atoms with Crippen molar-refractivity contribution in [3.05, 3.63) is 82.9 Å². The molecule has 0 bridgehead atoms. The maximum absolute atomic E-state index is 12.7. The van der Waals surface area contributed by atoms with Crippen molar-refractivity contribution in [1.82, 2.24) is 5.32 Å². The first-order valence-electron chi connectivity index (χ1n) is 8.17. The highest BCUT2D eigenvalue weighted by Crippen LogP contribution is 2.24. The van der Waals surface area contributed by atoms with Crippen LogP contribution in [-0.4, -0.2) is 17.3 Å². The summed E-state index contributed by atoms with van der Waals surface area (Å²) in [5.74, 6) is -0.147. The number of hydrogen-bond donors (Lipinski definition) is 2. The van der Waals surface area contributed by atoms with Crippen LogP contribution in [0.2, 0.25) is 0 Å². The van der Waals surface area contributed by atoms with E-state index < -0.39 is 0 Å². The fraction of sp³-hybridized carbons (Fsp3) is 0.143. The number of amides is 1. The molecule has 25 heavy (non-hydrogen) atoms. The molecule has 0 saturated heterocycles. The van der Waals surface area contributed by atoms with Crippen LogP contribution < -0.4 is 5.32 Å². The van der Waals surface area contributed by atoms with Crippen LogP contribution in [0.25, 0.3) is 10.8 Å². The van der Waals surface area contributed by atoms with E-state index in [1.165, 1.54) is 6.21 Å². The van der Waals surface area contributed by atoms with E-state index in [4.69, 9.17) is 5.21 Å². The zero-order chi connectivity index (χ0) is 17.8. The molecule has 0 heterocycles. The van der Waals surface area contributed by atoms with Crippen LogP contribution in [0.5, 0.6) is 0 Å². The zero-order valence-electron chi connectivity index (χ0n) is 14.2. The van der Waals surface area contributed by atoms with Crippen LogP contribution in [0.15, 0.2) is 65.8 Å². The Balaban J connectivity index is 1.89. The van der Waals surface area contributed by atoms with Crippen LogP contribution in [-0.2, 0) is 0 Å². The molecule has 3 rings (SSSR count). The van der Waals surface area contributed by atoms with E-state index in [-0.39, 0.29) is 11.9 Å². The highest BCUT2D eigenvalue weighted by Gasteiger charge is 2.15. The molecule has 0 aliphatic rings. The molecule has 0 spiro atoms. The summed E-state index contributed by atoms with van der Waals surface area (Å²) in [6.45, 7) is 3.87. The van der Waals surface area contributed by atoms with Crippen LogP contribution in [0.4, 0.5) is 0 Å². The van der Waals surface area contributed by atoms with Gasteiger partial charge in [-0.15, -0.1) is 0 Å². The number of nitrogens with one attached hydrogen (secondary N) is 1. The summed E-state index contributed by atoms with van der Waals surface area (Å²) in [5, 5.41) is 17.1. The smallest absolute Gasteiger partial charge is 0.252 e. The van der Waals surface area contributed by atoms with Crippen molar-refractivity contribution in [2.24, 2.45) is 5.16 Å². The first kappa shape index (κ1) is 16.7. The lowest BCUT2D eigenvalue weighted by Gasteiger charge is -2.17. The highest BCUT2D eigenvalue weighted by molar-refractivity contribution is 5.98. The monoisotopic (exact) mass is 332 g/mol. The van der Waals surface area contributed by atoms with Gasteiger partial charge in [-0.1, -0.05) is 59.8 Å². The summed E-state index contributed by atoms with van der Waals surface area (Å²) in [5.41, 5.74) is 3.20. The van der Waals surface area contributed by atoms with Crippen molar-refractivity contribution in [3.63, 3.8) is 0 Å². The summed E-state index contributed by atoms with van der Waals surface area (Å²) in [7, 11) is 0.